The number of thiophene rings is 1. The molecule has 0 spiro atoms. The average molecular weight is 349 g/mol. The highest BCUT2D eigenvalue weighted by atomic mass is 79.9. The van der Waals surface area contributed by atoms with E-state index < -0.39 is 10.0 Å². The molecule has 1 heterocycles. The van der Waals surface area contributed by atoms with Crippen LogP contribution >= 0.6 is 43.2 Å². The molecule has 1 aromatic heterocycles. The fourth-order valence-electron chi connectivity index (χ4n) is 0.667. The van der Waals surface area contributed by atoms with Gasteiger partial charge in [0.25, 0.3) is 10.0 Å². The summed E-state index contributed by atoms with van der Waals surface area (Å²) < 4.78 is 26.2. The molecule has 0 aliphatic heterocycles. The molecule has 0 fully saturated rings. The first kappa shape index (κ1) is 11.6. The molecule has 0 saturated heterocycles. The average Bonchev–Trinajstić information content (AvgIpc) is 2.30. The lowest BCUT2D eigenvalue weighted by atomic mass is 10.7. The first-order valence-electron chi connectivity index (χ1n) is 3.23. The normalized spacial score (nSPS) is 12.4. The van der Waals surface area contributed by atoms with E-state index in [1.807, 2.05) is 0 Å². The lowest BCUT2D eigenvalue weighted by Gasteiger charge is -2.09. The van der Waals surface area contributed by atoms with Crippen molar-refractivity contribution in [3.8, 4) is 0 Å². The molecule has 74 valence electrons. The van der Waals surface area contributed by atoms with Crippen molar-refractivity contribution in [1.29, 1.82) is 0 Å². The molecular formula is C6H7Br2NO2S2. The summed E-state index contributed by atoms with van der Waals surface area (Å²) in [6, 6.07) is 1.72. The van der Waals surface area contributed by atoms with Crippen molar-refractivity contribution in [1.82, 2.24) is 4.31 Å². The largest absolute Gasteiger partial charge is 0.253 e. The summed E-state index contributed by atoms with van der Waals surface area (Å²) in [5.41, 5.74) is 0. The minimum atomic E-state index is -3.31. The molecule has 0 aromatic carbocycles. The topological polar surface area (TPSA) is 37.4 Å². The fourth-order valence-corrected chi connectivity index (χ4v) is 5.53. The molecule has 1 rings (SSSR count). The molecule has 0 bridgehead atoms. The standard InChI is InChI=1S/C6H7Br2NO2S2/c1-9(2)13(10,11)6-4(7)3-5(8)12-6/h3H,1-2H3. The van der Waals surface area contributed by atoms with Crippen LogP contribution in [0.4, 0.5) is 0 Å². The van der Waals surface area contributed by atoms with E-state index in [4.69, 9.17) is 0 Å². The van der Waals surface area contributed by atoms with Crippen LogP contribution in [0.1, 0.15) is 0 Å². The zero-order valence-electron chi connectivity index (χ0n) is 6.91. The van der Waals surface area contributed by atoms with E-state index >= 15 is 0 Å². The van der Waals surface area contributed by atoms with Crippen LogP contribution < -0.4 is 0 Å². The summed E-state index contributed by atoms with van der Waals surface area (Å²) in [6.07, 6.45) is 0. The summed E-state index contributed by atoms with van der Waals surface area (Å²) in [4.78, 5) is 0. The van der Waals surface area contributed by atoms with E-state index in [9.17, 15) is 8.42 Å². The summed E-state index contributed by atoms with van der Waals surface area (Å²) in [5, 5.41) is 0. The lowest BCUT2D eigenvalue weighted by Crippen LogP contribution is -2.21. The van der Waals surface area contributed by atoms with Gasteiger partial charge >= 0.3 is 0 Å². The minimum Gasteiger partial charge on any atom is -0.206 e. The van der Waals surface area contributed by atoms with Gasteiger partial charge in [0.2, 0.25) is 0 Å². The van der Waals surface area contributed by atoms with Gasteiger partial charge < -0.3 is 0 Å². The molecule has 0 radical (unpaired) electrons. The van der Waals surface area contributed by atoms with Crippen LogP contribution in [-0.4, -0.2) is 26.8 Å². The number of rotatable bonds is 2. The Bertz CT molecular complexity index is 410. The van der Waals surface area contributed by atoms with Crippen molar-refractivity contribution in [3.05, 3.63) is 14.3 Å². The maximum Gasteiger partial charge on any atom is 0.253 e. The van der Waals surface area contributed by atoms with Crippen molar-refractivity contribution in [2.24, 2.45) is 0 Å². The molecular weight excluding hydrogens is 342 g/mol. The Morgan fingerprint density at radius 3 is 2.23 bits per heavy atom. The monoisotopic (exact) mass is 347 g/mol. The zero-order valence-corrected chi connectivity index (χ0v) is 11.7. The predicted octanol–water partition coefficient (Wildman–Crippen LogP) is 2.52. The second-order valence-electron chi connectivity index (χ2n) is 2.47. The van der Waals surface area contributed by atoms with Crippen LogP contribution in [0.25, 0.3) is 0 Å². The van der Waals surface area contributed by atoms with Crippen LogP contribution in [0.15, 0.2) is 18.5 Å². The molecule has 7 heteroatoms. The van der Waals surface area contributed by atoms with E-state index in [0.717, 1.165) is 3.79 Å². The highest BCUT2D eigenvalue weighted by molar-refractivity contribution is 9.11. The molecule has 0 aliphatic rings. The van der Waals surface area contributed by atoms with E-state index in [2.05, 4.69) is 31.9 Å². The van der Waals surface area contributed by atoms with Crippen molar-refractivity contribution in [2.75, 3.05) is 14.1 Å². The van der Waals surface area contributed by atoms with Crippen LogP contribution in [0, 0.1) is 0 Å². The summed E-state index contributed by atoms with van der Waals surface area (Å²) in [5.74, 6) is 0. The first-order valence-corrected chi connectivity index (χ1v) is 7.07. The van der Waals surface area contributed by atoms with Gasteiger partial charge in [-0.25, -0.2) is 12.7 Å². The third kappa shape index (κ3) is 2.33. The molecule has 0 aliphatic carbocycles. The molecule has 1 aromatic rings. The number of hydrogen-bond acceptors (Lipinski definition) is 3. The number of hydrogen-bond donors (Lipinski definition) is 0. The lowest BCUT2D eigenvalue weighted by molar-refractivity contribution is 0.522. The quantitative estimate of drug-likeness (QED) is 0.823. The van der Waals surface area contributed by atoms with Gasteiger partial charge in [0.1, 0.15) is 4.21 Å². The van der Waals surface area contributed by atoms with Gasteiger partial charge in [0.05, 0.1) is 3.79 Å². The summed E-state index contributed by atoms with van der Waals surface area (Å²) >= 11 is 7.62. The van der Waals surface area contributed by atoms with E-state index in [1.165, 1.54) is 29.7 Å². The molecule has 0 atom stereocenters. The van der Waals surface area contributed by atoms with Gasteiger partial charge in [-0.15, -0.1) is 11.3 Å². The van der Waals surface area contributed by atoms with E-state index in [-0.39, 0.29) is 0 Å². The van der Waals surface area contributed by atoms with Gasteiger partial charge in [0, 0.05) is 18.6 Å². The van der Waals surface area contributed by atoms with Gasteiger partial charge in [0.15, 0.2) is 0 Å². The maximum atomic E-state index is 11.7. The third-order valence-electron chi connectivity index (χ3n) is 1.34. The molecule has 13 heavy (non-hydrogen) atoms. The Hall–Kier alpha value is 0.570. The van der Waals surface area contributed by atoms with Crippen LogP contribution in [0.3, 0.4) is 0 Å². The highest BCUT2D eigenvalue weighted by Crippen LogP contribution is 2.35. The van der Waals surface area contributed by atoms with Crippen LogP contribution in [0.2, 0.25) is 0 Å². The minimum absolute atomic E-state index is 0.323. The summed E-state index contributed by atoms with van der Waals surface area (Å²) in [7, 11) is -0.293. The Kier molecular flexibility index (Phi) is 3.56. The maximum absolute atomic E-state index is 11.7. The summed E-state index contributed by atoms with van der Waals surface area (Å²) in [6.45, 7) is 0. The molecule has 0 saturated carbocycles. The highest BCUT2D eigenvalue weighted by Gasteiger charge is 2.22. The first-order chi connectivity index (χ1) is 5.85. The van der Waals surface area contributed by atoms with Crippen molar-refractivity contribution in [3.63, 3.8) is 0 Å². The van der Waals surface area contributed by atoms with Gasteiger partial charge in [-0.1, -0.05) is 0 Å². The fraction of sp³-hybridized carbons (Fsp3) is 0.333. The van der Waals surface area contributed by atoms with Crippen molar-refractivity contribution < 1.29 is 8.42 Å². The Morgan fingerprint density at radius 1 is 1.38 bits per heavy atom. The van der Waals surface area contributed by atoms with Gasteiger partial charge in [-0.3, -0.25) is 0 Å². The van der Waals surface area contributed by atoms with Crippen molar-refractivity contribution >= 4 is 53.2 Å². The number of sulfonamides is 1. The number of nitrogens with zero attached hydrogens (tertiary/aromatic N) is 1. The van der Waals surface area contributed by atoms with Gasteiger partial charge in [-0.05, 0) is 37.9 Å². The van der Waals surface area contributed by atoms with Crippen LogP contribution in [0.5, 0.6) is 0 Å². The van der Waals surface area contributed by atoms with Gasteiger partial charge in [-0.2, -0.15) is 0 Å². The molecule has 0 N–H and O–H groups in total. The van der Waals surface area contributed by atoms with E-state index in [0.29, 0.717) is 8.68 Å². The molecule has 0 amide bonds. The molecule has 3 nitrogen and oxygen atoms in total. The van der Waals surface area contributed by atoms with E-state index in [1.54, 1.807) is 6.07 Å². The number of halogens is 2. The second kappa shape index (κ2) is 3.98. The smallest absolute Gasteiger partial charge is 0.206 e. The van der Waals surface area contributed by atoms with Crippen molar-refractivity contribution in [2.45, 2.75) is 4.21 Å². The second-order valence-corrected chi connectivity index (χ2v) is 8.11. The zero-order chi connectivity index (χ0) is 10.2. The Balaban J connectivity index is 3.31. The third-order valence-corrected chi connectivity index (χ3v) is 6.46. The van der Waals surface area contributed by atoms with Crippen LogP contribution in [-0.2, 0) is 10.0 Å². The Morgan fingerprint density at radius 2 is 1.92 bits per heavy atom. The Labute approximate surface area is 98.1 Å². The SMILES string of the molecule is CN(C)S(=O)(=O)c1sc(Br)cc1Br. The predicted molar refractivity (Wildman–Crippen MR) is 60.6 cm³/mol. The molecule has 0 unspecified atom stereocenters.